The zero-order chi connectivity index (χ0) is 17.9. The third-order valence-electron chi connectivity index (χ3n) is 4.25. The Morgan fingerprint density at radius 1 is 0.880 bits per heavy atom. The number of rotatable bonds is 11. The Kier molecular flexibility index (Phi) is 8.47. The molecular weight excluding hydrogens is 315 g/mol. The number of hydrogen-bond donors (Lipinski definition) is 0. The summed E-state index contributed by atoms with van der Waals surface area (Å²) in [6, 6.07) is 13.2. The lowest BCUT2D eigenvalue weighted by Gasteiger charge is -2.09. The van der Waals surface area contributed by atoms with Gasteiger partial charge in [-0.25, -0.2) is 4.39 Å². The standard InChI is InChI=1S/C22H29FO2/c1-3-8-18-9-14-21(22(23)17-18)19-10-12-20(13-11-19)25-16-7-5-4-6-15-24-2/h9-14,17H,3-8,15-16H2,1-2H3. The van der Waals surface area contributed by atoms with Crippen molar-refractivity contribution in [2.24, 2.45) is 0 Å². The van der Waals surface area contributed by atoms with Crippen molar-refractivity contribution in [1.82, 2.24) is 0 Å². The molecule has 0 saturated carbocycles. The molecule has 0 aromatic heterocycles. The molecule has 0 radical (unpaired) electrons. The average molecular weight is 344 g/mol. The SMILES string of the molecule is CCCc1ccc(-c2ccc(OCCCCCCOC)cc2)c(F)c1. The van der Waals surface area contributed by atoms with Crippen LogP contribution in [0.2, 0.25) is 0 Å². The van der Waals surface area contributed by atoms with Gasteiger partial charge in [0.25, 0.3) is 0 Å². The second-order valence-corrected chi connectivity index (χ2v) is 6.34. The molecule has 2 aromatic carbocycles. The molecular formula is C22H29FO2. The van der Waals surface area contributed by atoms with Crippen LogP contribution in [0.25, 0.3) is 11.1 Å². The number of hydrogen-bond acceptors (Lipinski definition) is 2. The highest BCUT2D eigenvalue weighted by Crippen LogP contribution is 2.26. The summed E-state index contributed by atoms with van der Waals surface area (Å²) in [4.78, 5) is 0. The van der Waals surface area contributed by atoms with Gasteiger partial charge in [-0.2, -0.15) is 0 Å². The Hall–Kier alpha value is -1.87. The van der Waals surface area contributed by atoms with Crippen LogP contribution < -0.4 is 4.74 Å². The Labute approximate surface area is 151 Å². The molecule has 0 atom stereocenters. The molecule has 0 unspecified atom stereocenters. The fraction of sp³-hybridized carbons (Fsp3) is 0.455. The molecule has 3 heteroatoms. The summed E-state index contributed by atoms with van der Waals surface area (Å²) in [5, 5.41) is 0. The lowest BCUT2D eigenvalue weighted by molar-refractivity contribution is 0.191. The van der Waals surface area contributed by atoms with E-state index in [2.05, 4.69) is 6.92 Å². The highest BCUT2D eigenvalue weighted by Gasteiger charge is 2.06. The largest absolute Gasteiger partial charge is 0.494 e. The molecule has 0 amide bonds. The normalized spacial score (nSPS) is 10.8. The lowest BCUT2D eigenvalue weighted by Crippen LogP contribution is -1.98. The van der Waals surface area contributed by atoms with Crippen LogP contribution in [0, 0.1) is 5.82 Å². The van der Waals surface area contributed by atoms with Gasteiger partial charge < -0.3 is 9.47 Å². The smallest absolute Gasteiger partial charge is 0.131 e. The zero-order valence-corrected chi connectivity index (χ0v) is 15.4. The van der Waals surface area contributed by atoms with Crippen LogP contribution in [0.4, 0.5) is 4.39 Å². The Morgan fingerprint density at radius 3 is 2.24 bits per heavy atom. The topological polar surface area (TPSA) is 18.5 Å². The third-order valence-corrected chi connectivity index (χ3v) is 4.25. The highest BCUT2D eigenvalue weighted by molar-refractivity contribution is 5.65. The van der Waals surface area contributed by atoms with Crippen LogP contribution in [-0.2, 0) is 11.2 Å². The molecule has 0 aliphatic carbocycles. The first-order chi connectivity index (χ1) is 12.2. The van der Waals surface area contributed by atoms with Gasteiger partial charge in [0, 0.05) is 19.3 Å². The number of methoxy groups -OCH3 is 1. The number of unbranched alkanes of at least 4 members (excludes halogenated alkanes) is 3. The van der Waals surface area contributed by atoms with E-state index in [1.165, 1.54) is 6.42 Å². The van der Waals surface area contributed by atoms with E-state index in [1.807, 2.05) is 36.4 Å². The quantitative estimate of drug-likeness (QED) is 0.463. The first-order valence-electron chi connectivity index (χ1n) is 9.25. The molecule has 136 valence electrons. The van der Waals surface area contributed by atoms with Crippen molar-refractivity contribution in [1.29, 1.82) is 0 Å². The molecule has 2 aromatic rings. The molecule has 2 nitrogen and oxygen atoms in total. The van der Waals surface area contributed by atoms with E-state index < -0.39 is 0 Å². The summed E-state index contributed by atoms with van der Waals surface area (Å²) in [7, 11) is 1.73. The van der Waals surface area contributed by atoms with Crippen molar-refractivity contribution in [3.05, 3.63) is 53.8 Å². The van der Waals surface area contributed by atoms with Gasteiger partial charge in [0.1, 0.15) is 11.6 Å². The minimum Gasteiger partial charge on any atom is -0.494 e. The van der Waals surface area contributed by atoms with Gasteiger partial charge >= 0.3 is 0 Å². The van der Waals surface area contributed by atoms with Crippen LogP contribution in [0.1, 0.15) is 44.6 Å². The van der Waals surface area contributed by atoms with E-state index in [0.717, 1.165) is 55.6 Å². The van der Waals surface area contributed by atoms with Crippen molar-refractivity contribution in [2.75, 3.05) is 20.3 Å². The van der Waals surface area contributed by atoms with E-state index >= 15 is 0 Å². The predicted octanol–water partition coefficient (Wildman–Crippen LogP) is 6.03. The maximum Gasteiger partial charge on any atom is 0.131 e. The van der Waals surface area contributed by atoms with Crippen molar-refractivity contribution in [3.8, 4) is 16.9 Å². The molecule has 25 heavy (non-hydrogen) atoms. The number of halogens is 1. The molecule has 0 fully saturated rings. The molecule has 0 aliphatic rings. The monoisotopic (exact) mass is 344 g/mol. The summed E-state index contributed by atoms with van der Waals surface area (Å²) in [5.41, 5.74) is 2.58. The van der Waals surface area contributed by atoms with Crippen LogP contribution in [-0.4, -0.2) is 20.3 Å². The molecule has 0 saturated heterocycles. The molecule has 2 rings (SSSR count). The van der Waals surface area contributed by atoms with Crippen LogP contribution in [0.5, 0.6) is 5.75 Å². The van der Waals surface area contributed by atoms with Gasteiger partial charge in [-0.3, -0.25) is 0 Å². The number of benzene rings is 2. The van der Waals surface area contributed by atoms with Gasteiger partial charge in [0.2, 0.25) is 0 Å². The Morgan fingerprint density at radius 2 is 1.60 bits per heavy atom. The van der Waals surface area contributed by atoms with E-state index in [1.54, 1.807) is 13.2 Å². The lowest BCUT2D eigenvalue weighted by atomic mass is 10.0. The molecule has 0 spiro atoms. The second kappa shape index (κ2) is 10.9. The first-order valence-corrected chi connectivity index (χ1v) is 9.25. The Bertz CT molecular complexity index is 622. The summed E-state index contributed by atoms with van der Waals surface area (Å²) in [5.74, 6) is 0.680. The van der Waals surface area contributed by atoms with Gasteiger partial charge in [0.05, 0.1) is 6.61 Å². The van der Waals surface area contributed by atoms with E-state index in [0.29, 0.717) is 12.2 Å². The van der Waals surface area contributed by atoms with Gasteiger partial charge in [-0.05, 0) is 55.0 Å². The van der Waals surface area contributed by atoms with Crippen molar-refractivity contribution in [2.45, 2.75) is 45.4 Å². The van der Waals surface area contributed by atoms with Crippen molar-refractivity contribution in [3.63, 3.8) is 0 Å². The summed E-state index contributed by atoms with van der Waals surface area (Å²) in [6.07, 6.45) is 6.40. The minimum absolute atomic E-state index is 0.157. The molecule has 0 heterocycles. The van der Waals surface area contributed by atoms with Crippen LogP contribution in [0.15, 0.2) is 42.5 Å². The number of ether oxygens (including phenoxy) is 2. The summed E-state index contributed by atoms with van der Waals surface area (Å²) < 4.78 is 25.1. The zero-order valence-electron chi connectivity index (χ0n) is 15.4. The van der Waals surface area contributed by atoms with E-state index in [9.17, 15) is 4.39 Å². The maximum absolute atomic E-state index is 14.3. The average Bonchev–Trinajstić information content (AvgIpc) is 2.62. The second-order valence-electron chi connectivity index (χ2n) is 6.34. The molecule has 0 aliphatic heterocycles. The minimum atomic E-state index is -0.157. The Balaban J connectivity index is 1.83. The van der Waals surface area contributed by atoms with Gasteiger partial charge in [-0.1, -0.05) is 44.0 Å². The van der Waals surface area contributed by atoms with Crippen molar-refractivity contribution >= 4 is 0 Å². The maximum atomic E-state index is 14.3. The molecule has 0 bridgehead atoms. The van der Waals surface area contributed by atoms with Crippen LogP contribution >= 0.6 is 0 Å². The highest BCUT2D eigenvalue weighted by atomic mass is 19.1. The molecule has 0 N–H and O–H groups in total. The van der Waals surface area contributed by atoms with Crippen LogP contribution in [0.3, 0.4) is 0 Å². The van der Waals surface area contributed by atoms with Gasteiger partial charge in [-0.15, -0.1) is 0 Å². The van der Waals surface area contributed by atoms with Crippen molar-refractivity contribution < 1.29 is 13.9 Å². The summed E-state index contributed by atoms with van der Waals surface area (Å²) >= 11 is 0. The fourth-order valence-electron chi connectivity index (χ4n) is 2.86. The summed E-state index contributed by atoms with van der Waals surface area (Å²) in [6.45, 7) is 3.65. The predicted molar refractivity (Wildman–Crippen MR) is 102 cm³/mol. The van der Waals surface area contributed by atoms with E-state index in [-0.39, 0.29) is 5.82 Å². The first kappa shape index (κ1) is 19.5. The fourth-order valence-corrected chi connectivity index (χ4v) is 2.86. The van der Waals surface area contributed by atoms with E-state index in [4.69, 9.17) is 9.47 Å². The van der Waals surface area contributed by atoms with Gasteiger partial charge in [0.15, 0.2) is 0 Å². The third kappa shape index (κ3) is 6.50. The number of aryl methyl sites for hydroxylation is 1.